The number of carbonyl (C=O) groups is 1. The smallest absolute Gasteiger partial charge is 0.315 e. The van der Waals surface area contributed by atoms with Gasteiger partial charge in [0.25, 0.3) is 0 Å². The Labute approximate surface area is 142 Å². The highest BCUT2D eigenvalue weighted by Gasteiger charge is 2.40. The number of rotatable bonds is 4. The zero-order valence-corrected chi connectivity index (χ0v) is 14.5. The monoisotopic (exact) mass is 335 g/mol. The van der Waals surface area contributed by atoms with Gasteiger partial charge in [-0.3, -0.25) is 4.98 Å². The summed E-state index contributed by atoms with van der Waals surface area (Å²) in [5, 5.41) is 6.05. The van der Waals surface area contributed by atoms with Gasteiger partial charge < -0.3 is 15.4 Å². The predicted molar refractivity (Wildman–Crippen MR) is 92.9 cm³/mol. The second-order valence-electron chi connectivity index (χ2n) is 6.44. The number of thioether (sulfide) groups is 1. The first-order valence-electron chi connectivity index (χ1n) is 8.34. The maximum Gasteiger partial charge on any atom is 0.315 e. The molecule has 2 aliphatic rings. The molecule has 0 aliphatic carbocycles. The van der Waals surface area contributed by atoms with E-state index in [0.717, 1.165) is 49.4 Å². The number of hydrogen-bond donors (Lipinski definition) is 2. The SMILES string of the molecule is Cc1cccc(CCNC(=O)N[C@@H]2CCO[C@]3(CCSC3)C2)n1. The van der Waals surface area contributed by atoms with Crippen molar-refractivity contribution in [1.82, 2.24) is 15.6 Å². The molecule has 2 atom stereocenters. The molecule has 23 heavy (non-hydrogen) atoms. The third-order valence-corrected chi connectivity index (χ3v) is 5.73. The van der Waals surface area contributed by atoms with Gasteiger partial charge in [0.2, 0.25) is 0 Å². The Bertz CT molecular complexity index is 546. The van der Waals surface area contributed by atoms with Crippen molar-refractivity contribution in [2.24, 2.45) is 0 Å². The van der Waals surface area contributed by atoms with E-state index in [9.17, 15) is 4.79 Å². The number of carbonyl (C=O) groups excluding carboxylic acids is 1. The Morgan fingerprint density at radius 3 is 3.22 bits per heavy atom. The van der Waals surface area contributed by atoms with E-state index < -0.39 is 0 Å². The summed E-state index contributed by atoms with van der Waals surface area (Å²) in [6.45, 7) is 3.33. The summed E-state index contributed by atoms with van der Waals surface area (Å²) in [4.78, 5) is 16.5. The Morgan fingerprint density at radius 2 is 2.43 bits per heavy atom. The van der Waals surface area contributed by atoms with E-state index in [2.05, 4.69) is 15.6 Å². The van der Waals surface area contributed by atoms with Gasteiger partial charge in [-0.05, 0) is 44.1 Å². The van der Waals surface area contributed by atoms with Crippen molar-refractivity contribution in [3.05, 3.63) is 29.6 Å². The minimum atomic E-state index is -0.0784. The Morgan fingerprint density at radius 1 is 1.52 bits per heavy atom. The predicted octanol–water partition coefficient (Wildman–Crippen LogP) is 2.29. The summed E-state index contributed by atoms with van der Waals surface area (Å²) in [6.07, 6.45) is 3.70. The lowest BCUT2D eigenvalue weighted by atomic mass is 9.90. The molecular formula is C17H25N3O2S. The quantitative estimate of drug-likeness (QED) is 0.886. The van der Waals surface area contributed by atoms with Crippen molar-refractivity contribution in [3.8, 4) is 0 Å². The van der Waals surface area contributed by atoms with Crippen LogP contribution < -0.4 is 10.6 Å². The van der Waals surface area contributed by atoms with E-state index in [-0.39, 0.29) is 17.7 Å². The van der Waals surface area contributed by atoms with Crippen molar-refractivity contribution in [1.29, 1.82) is 0 Å². The molecule has 2 N–H and O–H groups in total. The molecular weight excluding hydrogens is 310 g/mol. The average Bonchev–Trinajstić information content (AvgIpc) is 2.95. The van der Waals surface area contributed by atoms with Crippen LogP contribution in [0.2, 0.25) is 0 Å². The molecule has 0 saturated carbocycles. The largest absolute Gasteiger partial charge is 0.374 e. The summed E-state index contributed by atoms with van der Waals surface area (Å²) >= 11 is 1.95. The molecule has 0 aromatic carbocycles. The first-order chi connectivity index (χ1) is 11.2. The molecule has 0 bridgehead atoms. The highest BCUT2D eigenvalue weighted by atomic mass is 32.2. The zero-order valence-electron chi connectivity index (χ0n) is 13.6. The van der Waals surface area contributed by atoms with E-state index in [1.54, 1.807) is 0 Å². The lowest BCUT2D eigenvalue weighted by molar-refractivity contribution is -0.0684. The minimum absolute atomic E-state index is 0.00630. The second-order valence-corrected chi connectivity index (χ2v) is 7.55. The number of pyridine rings is 1. The van der Waals surface area contributed by atoms with Gasteiger partial charge in [0, 0.05) is 42.8 Å². The van der Waals surface area contributed by atoms with Crippen LogP contribution in [-0.2, 0) is 11.2 Å². The summed E-state index contributed by atoms with van der Waals surface area (Å²) in [5.41, 5.74) is 2.03. The summed E-state index contributed by atoms with van der Waals surface area (Å²) in [6, 6.07) is 6.11. The second kappa shape index (κ2) is 7.53. The van der Waals surface area contributed by atoms with Gasteiger partial charge in [0.1, 0.15) is 0 Å². The Kier molecular flexibility index (Phi) is 5.43. The fourth-order valence-electron chi connectivity index (χ4n) is 3.29. The molecule has 2 saturated heterocycles. The van der Waals surface area contributed by atoms with Gasteiger partial charge in [-0.2, -0.15) is 11.8 Å². The number of amides is 2. The molecule has 3 heterocycles. The van der Waals surface area contributed by atoms with E-state index in [1.165, 1.54) is 5.75 Å². The number of aromatic nitrogens is 1. The lowest BCUT2D eigenvalue weighted by Gasteiger charge is -2.37. The maximum atomic E-state index is 12.1. The summed E-state index contributed by atoms with van der Waals surface area (Å²) in [7, 11) is 0. The van der Waals surface area contributed by atoms with E-state index in [4.69, 9.17) is 4.74 Å². The molecule has 1 aromatic heterocycles. The molecule has 6 heteroatoms. The Hall–Kier alpha value is -1.27. The standard InChI is InChI=1S/C17H25N3O2S/c1-13-3-2-4-14(19-13)5-8-18-16(21)20-15-6-9-22-17(11-15)7-10-23-12-17/h2-4,15H,5-12H2,1H3,(H2,18,20,21)/t15-,17-/m1/s1. The fraction of sp³-hybridized carbons (Fsp3) is 0.647. The molecule has 2 aliphatic heterocycles. The van der Waals surface area contributed by atoms with Crippen LogP contribution in [0.25, 0.3) is 0 Å². The molecule has 0 radical (unpaired) electrons. The number of nitrogens with zero attached hydrogens (tertiary/aromatic N) is 1. The van der Waals surface area contributed by atoms with Crippen LogP contribution >= 0.6 is 11.8 Å². The summed E-state index contributed by atoms with van der Waals surface area (Å²) in [5.74, 6) is 2.23. The summed E-state index contributed by atoms with van der Waals surface area (Å²) < 4.78 is 5.99. The zero-order chi connectivity index (χ0) is 16.1. The van der Waals surface area contributed by atoms with Gasteiger partial charge in [0.05, 0.1) is 5.60 Å². The fourth-order valence-corrected chi connectivity index (χ4v) is 4.67. The van der Waals surface area contributed by atoms with E-state index in [1.807, 2.05) is 36.9 Å². The topological polar surface area (TPSA) is 63.2 Å². The van der Waals surface area contributed by atoms with Gasteiger partial charge in [-0.15, -0.1) is 0 Å². The molecule has 0 unspecified atom stereocenters. The Balaban J connectivity index is 1.40. The molecule has 2 amide bonds. The van der Waals surface area contributed by atoms with Crippen LogP contribution in [0.1, 0.15) is 30.7 Å². The van der Waals surface area contributed by atoms with E-state index >= 15 is 0 Å². The van der Waals surface area contributed by atoms with Crippen LogP contribution in [0.4, 0.5) is 4.79 Å². The molecule has 1 spiro atoms. The number of hydrogen-bond acceptors (Lipinski definition) is 4. The van der Waals surface area contributed by atoms with Gasteiger partial charge in [-0.25, -0.2) is 4.79 Å². The van der Waals surface area contributed by atoms with Crippen molar-refractivity contribution >= 4 is 17.8 Å². The van der Waals surface area contributed by atoms with Crippen LogP contribution in [0, 0.1) is 6.92 Å². The normalized spacial score (nSPS) is 27.1. The van der Waals surface area contributed by atoms with Gasteiger partial charge in [0.15, 0.2) is 0 Å². The average molecular weight is 335 g/mol. The van der Waals surface area contributed by atoms with Crippen LogP contribution in [0.15, 0.2) is 18.2 Å². The highest BCUT2D eigenvalue weighted by molar-refractivity contribution is 7.99. The van der Waals surface area contributed by atoms with Crippen molar-refractivity contribution in [2.75, 3.05) is 24.7 Å². The number of ether oxygens (including phenoxy) is 1. The molecule has 126 valence electrons. The van der Waals surface area contributed by atoms with Crippen molar-refractivity contribution in [3.63, 3.8) is 0 Å². The maximum absolute atomic E-state index is 12.1. The third-order valence-electron chi connectivity index (χ3n) is 4.51. The van der Waals surface area contributed by atoms with Crippen LogP contribution in [-0.4, -0.2) is 47.3 Å². The van der Waals surface area contributed by atoms with Crippen LogP contribution in [0.3, 0.4) is 0 Å². The van der Waals surface area contributed by atoms with Gasteiger partial charge >= 0.3 is 6.03 Å². The van der Waals surface area contributed by atoms with Crippen molar-refractivity contribution < 1.29 is 9.53 Å². The number of aryl methyl sites for hydroxylation is 1. The number of urea groups is 1. The third kappa shape index (κ3) is 4.61. The van der Waals surface area contributed by atoms with Crippen LogP contribution in [0.5, 0.6) is 0 Å². The lowest BCUT2D eigenvalue weighted by Crippen LogP contribution is -2.51. The molecule has 3 rings (SSSR count). The van der Waals surface area contributed by atoms with Crippen molar-refractivity contribution in [2.45, 2.75) is 44.2 Å². The first kappa shape index (κ1) is 16.6. The molecule has 2 fully saturated rings. The number of nitrogens with one attached hydrogen (secondary N) is 2. The first-order valence-corrected chi connectivity index (χ1v) is 9.49. The molecule has 1 aromatic rings. The molecule has 5 nitrogen and oxygen atoms in total. The highest BCUT2D eigenvalue weighted by Crippen LogP contribution is 2.38. The minimum Gasteiger partial charge on any atom is -0.374 e. The van der Waals surface area contributed by atoms with Gasteiger partial charge in [-0.1, -0.05) is 6.07 Å². The van der Waals surface area contributed by atoms with E-state index in [0.29, 0.717) is 6.54 Å².